The zero-order chi connectivity index (χ0) is 10.4. The van der Waals surface area contributed by atoms with Gasteiger partial charge in [-0.25, -0.2) is 0 Å². The molecule has 0 amide bonds. The molecular weight excluding hydrogens is 194 g/mol. The molecule has 0 saturated heterocycles. The highest BCUT2D eigenvalue weighted by Gasteiger charge is 2.06. The van der Waals surface area contributed by atoms with Gasteiger partial charge in [-0.3, -0.25) is 4.79 Å². The first-order valence-electron chi connectivity index (χ1n) is 4.72. The van der Waals surface area contributed by atoms with Gasteiger partial charge >= 0.3 is 0 Å². The van der Waals surface area contributed by atoms with Crippen molar-refractivity contribution >= 4 is 22.6 Å². The molecule has 0 saturated carbocycles. The molecule has 0 radical (unpaired) electrons. The first-order chi connectivity index (χ1) is 6.81. The number of anilines is 1. The molecule has 3 heteroatoms. The summed E-state index contributed by atoms with van der Waals surface area (Å²) in [6.45, 7) is 7.72. The third-order valence-corrected chi connectivity index (χ3v) is 2.95. The molecule has 0 N–H and O–H groups in total. The molecule has 0 unspecified atom stereocenters. The van der Waals surface area contributed by atoms with Crippen LogP contribution in [0.5, 0.6) is 0 Å². The molecule has 1 rings (SSSR count). The van der Waals surface area contributed by atoms with Crippen LogP contribution in [-0.4, -0.2) is 19.4 Å². The Bertz CT molecular complexity index is 306. The minimum atomic E-state index is 0.783. The summed E-state index contributed by atoms with van der Waals surface area (Å²) < 4.78 is 0. The Hall–Kier alpha value is -1.09. The summed E-state index contributed by atoms with van der Waals surface area (Å²) >= 11 is 1.53. The first kappa shape index (κ1) is 11.0. The van der Waals surface area contributed by atoms with Crippen molar-refractivity contribution in [3.63, 3.8) is 0 Å². The van der Waals surface area contributed by atoms with Crippen LogP contribution in [0.1, 0.15) is 23.0 Å². The van der Waals surface area contributed by atoms with Gasteiger partial charge < -0.3 is 4.90 Å². The minimum absolute atomic E-state index is 0.783. The fourth-order valence-corrected chi connectivity index (χ4v) is 2.15. The summed E-state index contributed by atoms with van der Waals surface area (Å²) in [5.41, 5.74) is 0. The van der Waals surface area contributed by atoms with Gasteiger partial charge in [0.1, 0.15) is 0 Å². The fraction of sp³-hybridized carbons (Fsp3) is 0.364. The number of rotatable bonds is 6. The van der Waals surface area contributed by atoms with Gasteiger partial charge in [0.15, 0.2) is 6.29 Å². The van der Waals surface area contributed by atoms with Crippen molar-refractivity contribution in [2.75, 3.05) is 18.0 Å². The lowest BCUT2D eigenvalue weighted by atomic mass is 10.4. The lowest BCUT2D eigenvalue weighted by molar-refractivity contribution is 0.112. The highest BCUT2D eigenvalue weighted by atomic mass is 32.1. The van der Waals surface area contributed by atoms with Crippen molar-refractivity contribution < 1.29 is 4.79 Å². The van der Waals surface area contributed by atoms with Gasteiger partial charge in [0, 0.05) is 13.1 Å². The van der Waals surface area contributed by atoms with Crippen LogP contribution in [0.3, 0.4) is 0 Å². The summed E-state index contributed by atoms with van der Waals surface area (Å²) in [5, 5.41) is 1.15. The topological polar surface area (TPSA) is 20.3 Å². The molecule has 0 atom stereocenters. The fourth-order valence-electron chi connectivity index (χ4n) is 1.29. The summed E-state index contributed by atoms with van der Waals surface area (Å²) in [5.74, 6) is 0. The van der Waals surface area contributed by atoms with Crippen LogP contribution < -0.4 is 4.90 Å². The van der Waals surface area contributed by atoms with Gasteiger partial charge in [-0.05, 0) is 18.6 Å². The Kier molecular flexibility index (Phi) is 4.40. The molecule has 0 fully saturated rings. The average Bonchev–Trinajstić information content (AvgIpc) is 2.65. The molecule has 0 spiro atoms. The Morgan fingerprint density at radius 1 is 1.57 bits per heavy atom. The predicted molar refractivity (Wildman–Crippen MR) is 62.4 cm³/mol. The lowest BCUT2D eigenvalue weighted by Crippen LogP contribution is -2.22. The normalized spacial score (nSPS) is 9.79. The van der Waals surface area contributed by atoms with Crippen LogP contribution in [0, 0.1) is 0 Å². The molecule has 2 nitrogen and oxygen atoms in total. The van der Waals surface area contributed by atoms with E-state index < -0.39 is 0 Å². The highest BCUT2D eigenvalue weighted by molar-refractivity contribution is 7.17. The van der Waals surface area contributed by atoms with Crippen molar-refractivity contribution in [3.8, 4) is 0 Å². The van der Waals surface area contributed by atoms with E-state index in [9.17, 15) is 4.79 Å². The maximum absolute atomic E-state index is 10.5. The van der Waals surface area contributed by atoms with E-state index in [0.717, 1.165) is 35.7 Å². The summed E-state index contributed by atoms with van der Waals surface area (Å²) in [6.07, 6.45) is 3.88. The van der Waals surface area contributed by atoms with Gasteiger partial charge in [-0.1, -0.05) is 13.0 Å². The third kappa shape index (κ3) is 2.70. The van der Waals surface area contributed by atoms with E-state index in [1.165, 1.54) is 11.3 Å². The summed E-state index contributed by atoms with van der Waals surface area (Å²) in [6, 6.07) is 3.85. The molecule has 0 aromatic carbocycles. The zero-order valence-electron chi connectivity index (χ0n) is 8.40. The zero-order valence-corrected chi connectivity index (χ0v) is 9.22. The third-order valence-electron chi connectivity index (χ3n) is 1.88. The maximum Gasteiger partial charge on any atom is 0.160 e. The molecule has 0 bridgehead atoms. The van der Waals surface area contributed by atoms with Crippen molar-refractivity contribution in [1.82, 2.24) is 0 Å². The number of nitrogens with zero attached hydrogens (tertiary/aromatic N) is 1. The molecule has 1 aromatic rings. The number of hydrogen-bond acceptors (Lipinski definition) is 3. The van der Waals surface area contributed by atoms with E-state index in [4.69, 9.17) is 0 Å². The smallest absolute Gasteiger partial charge is 0.160 e. The standard InChI is InChI=1S/C11H15NOS/c1-3-7-12(8-4-2)11-6-5-10(9-13)14-11/h3,5-6,9H,1,4,7-8H2,2H3. The van der Waals surface area contributed by atoms with E-state index in [-0.39, 0.29) is 0 Å². The Labute approximate surface area is 88.9 Å². The lowest BCUT2D eigenvalue weighted by Gasteiger charge is -2.20. The van der Waals surface area contributed by atoms with E-state index in [2.05, 4.69) is 18.4 Å². The molecule has 1 heterocycles. The van der Waals surface area contributed by atoms with Gasteiger partial charge in [-0.2, -0.15) is 0 Å². The highest BCUT2D eigenvalue weighted by Crippen LogP contribution is 2.24. The second kappa shape index (κ2) is 5.60. The van der Waals surface area contributed by atoms with Crippen LogP contribution in [0.4, 0.5) is 5.00 Å². The van der Waals surface area contributed by atoms with Crippen LogP contribution in [-0.2, 0) is 0 Å². The number of thiophene rings is 1. The van der Waals surface area contributed by atoms with Crippen LogP contribution in [0.15, 0.2) is 24.8 Å². The van der Waals surface area contributed by atoms with E-state index in [0.29, 0.717) is 0 Å². The average molecular weight is 209 g/mol. The van der Waals surface area contributed by atoms with Gasteiger partial charge in [-0.15, -0.1) is 17.9 Å². The van der Waals surface area contributed by atoms with Crippen molar-refractivity contribution in [1.29, 1.82) is 0 Å². The number of carbonyl (C=O) groups excluding carboxylic acids is 1. The quantitative estimate of drug-likeness (QED) is 0.530. The summed E-state index contributed by atoms with van der Waals surface area (Å²) in [7, 11) is 0. The second-order valence-electron chi connectivity index (χ2n) is 3.03. The number of aldehydes is 1. The molecular formula is C11H15NOS. The molecule has 76 valence electrons. The van der Waals surface area contributed by atoms with Crippen molar-refractivity contribution in [2.45, 2.75) is 13.3 Å². The summed E-state index contributed by atoms with van der Waals surface area (Å²) in [4.78, 5) is 13.5. The largest absolute Gasteiger partial charge is 0.360 e. The Balaban J connectivity index is 2.75. The van der Waals surface area contributed by atoms with Gasteiger partial charge in [0.05, 0.1) is 9.88 Å². The van der Waals surface area contributed by atoms with Gasteiger partial charge in [0.25, 0.3) is 0 Å². The number of hydrogen-bond donors (Lipinski definition) is 0. The van der Waals surface area contributed by atoms with Gasteiger partial charge in [0.2, 0.25) is 0 Å². The van der Waals surface area contributed by atoms with E-state index in [1.54, 1.807) is 0 Å². The van der Waals surface area contributed by atoms with E-state index >= 15 is 0 Å². The van der Waals surface area contributed by atoms with Crippen molar-refractivity contribution in [2.24, 2.45) is 0 Å². The minimum Gasteiger partial charge on any atom is -0.360 e. The molecule has 1 aromatic heterocycles. The number of carbonyl (C=O) groups is 1. The van der Waals surface area contributed by atoms with Crippen molar-refractivity contribution in [3.05, 3.63) is 29.7 Å². The molecule has 0 aliphatic heterocycles. The van der Waals surface area contributed by atoms with Crippen LogP contribution >= 0.6 is 11.3 Å². The molecule has 14 heavy (non-hydrogen) atoms. The SMILES string of the molecule is C=CCN(CCC)c1ccc(C=O)s1. The van der Waals surface area contributed by atoms with E-state index in [1.807, 2.05) is 18.2 Å². The Morgan fingerprint density at radius 3 is 2.86 bits per heavy atom. The van der Waals surface area contributed by atoms with Crippen LogP contribution in [0.25, 0.3) is 0 Å². The van der Waals surface area contributed by atoms with Crippen LogP contribution in [0.2, 0.25) is 0 Å². The Morgan fingerprint density at radius 2 is 2.36 bits per heavy atom. The predicted octanol–water partition coefficient (Wildman–Crippen LogP) is 2.96. The molecule has 0 aliphatic carbocycles. The maximum atomic E-state index is 10.5. The molecule has 0 aliphatic rings. The first-order valence-corrected chi connectivity index (χ1v) is 5.54. The monoisotopic (exact) mass is 209 g/mol. The second-order valence-corrected chi connectivity index (χ2v) is 4.12.